The molecule has 0 fully saturated rings. The first-order valence-corrected chi connectivity index (χ1v) is 11.1. The number of benzene rings is 3. The van der Waals surface area contributed by atoms with E-state index >= 15 is 0 Å². The van der Waals surface area contributed by atoms with Gasteiger partial charge in [-0.25, -0.2) is 13.9 Å². The first kappa shape index (κ1) is 20.1. The van der Waals surface area contributed by atoms with E-state index in [0.29, 0.717) is 0 Å². The Bertz CT molecular complexity index is 1580. The fourth-order valence-electron chi connectivity index (χ4n) is 4.35. The highest BCUT2D eigenvalue weighted by Gasteiger charge is 2.18. The van der Waals surface area contributed by atoms with E-state index in [-0.39, 0.29) is 5.82 Å². The van der Waals surface area contributed by atoms with Crippen LogP contribution in [0.15, 0.2) is 109 Å². The number of fused-ring (bicyclic) bond motifs is 1. The van der Waals surface area contributed by atoms with Crippen LogP contribution >= 0.6 is 0 Å². The lowest BCUT2D eigenvalue weighted by Crippen LogP contribution is -2.02. The third-order valence-electron chi connectivity index (χ3n) is 6.04. The zero-order chi connectivity index (χ0) is 23.1. The molecule has 6 aromatic rings. The Kier molecular flexibility index (Phi) is 4.81. The Morgan fingerprint density at radius 3 is 2.00 bits per heavy atom. The first-order chi connectivity index (χ1) is 16.7. The molecule has 164 valence electrons. The SMILES string of the molecule is Cc1nn2c(-c3ccc(F)cc3)cc(-n3cccc3)nc2c1-c1ccc(-c2ccccc2)cc1. The summed E-state index contributed by atoms with van der Waals surface area (Å²) >= 11 is 0. The summed E-state index contributed by atoms with van der Waals surface area (Å²) in [6, 6.07) is 31.2. The number of aryl methyl sites for hydroxylation is 1. The minimum atomic E-state index is -0.268. The molecule has 0 unspecified atom stereocenters. The van der Waals surface area contributed by atoms with Gasteiger partial charge in [-0.3, -0.25) is 0 Å². The second-order valence-electron chi connectivity index (χ2n) is 8.24. The van der Waals surface area contributed by atoms with Crippen LogP contribution < -0.4 is 0 Å². The van der Waals surface area contributed by atoms with Crippen LogP contribution in [0.1, 0.15) is 5.69 Å². The van der Waals surface area contributed by atoms with Crippen molar-refractivity contribution in [3.8, 4) is 39.3 Å². The molecule has 34 heavy (non-hydrogen) atoms. The Balaban J connectivity index is 1.55. The minimum Gasteiger partial charge on any atom is -0.309 e. The molecular formula is C29H21FN4. The fourth-order valence-corrected chi connectivity index (χ4v) is 4.35. The molecule has 0 atom stereocenters. The van der Waals surface area contributed by atoms with Gasteiger partial charge in [-0.1, -0.05) is 54.6 Å². The van der Waals surface area contributed by atoms with Gasteiger partial charge in [-0.05, 0) is 60.0 Å². The molecule has 0 radical (unpaired) electrons. The third kappa shape index (κ3) is 3.48. The molecule has 4 nitrogen and oxygen atoms in total. The van der Waals surface area contributed by atoms with Gasteiger partial charge in [0.15, 0.2) is 5.65 Å². The van der Waals surface area contributed by atoms with Crippen molar-refractivity contribution in [2.24, 2.45) is 0 Å². The zero-order valence-corrected chi connectivity index (χ0v) is 18.6. The van der Waals surface area contributed by atoms with E-state index in [1.165, 1.54) is 17.7 Å². The lowest BCUT2D eigenvalue weighted by molar-refractivity contribution is 0.628. The quantitative estimate of drug-likeness (QED) is 0.294. The highest BCUT2D eigenvalue weighted by Crippen LogP contribution is 2.33. The lowest BCUT2D eigenvalue weighted by Gasteiger charge is -2.10. The van der Waals surface area contributed by atoms with Crippen molar-refractivity contribution in [2.45, 2.75) is 6.92 Å². The van der Waals surface area contributed by atoms with E-state index < -0.39 is 0 Å². The highest BCUT2D eigenvalue weighted by atomic mass is 19.1. The Hall–Kier alpha value is -4.51. The van der Waals surface area contributed by atoms with Gasteiger partial charge < -0.3 is 4.57 Å². The maximum Gasteiger partial charge on any atom is 0.166 e. The van der Waals surface area contributed by atoms with Crippen LogP contribution in [-0.2, 0) is 0 Å². The van der Waals surface area contributed by atoms with Crippen LogP contribution in [0.25, 0.3) is 45.0 Å². The summed E-state index contributed by atoms with van der Waals surface area (Å²) in [5, 5.41) is 4.84. The molecule has 0 aliphatic carbocycles. The number of aromatic nitrogens is 4. The van der Waals surface area contributed by atoms with E-state index in [2.05, 4.69) is 36.4 Å². The van der Waals surface area contributed by atoms with Crippen molar-refractivity contribution in [2.75, 3.05) is 0 Å². The van der Waals surface area contributed by atoms with Crippen LogP contribution in [0.4, 0.5) is 4.39 Å². The molecule has 0 saturated heterocycles. The zero-order valence-electron chi connectivity index (χ0n) is 18.6. The van der Waals surface area contributed by atoms with Gasteiger partial charge in [0, 0.05) is 29.6 Å². The maximum atomic E-state index is 13.6. The number of hydrogen-bond acceptors (Lipinski definition) is 2. The molecule has 0 spiro atoms. The molecule has 3 aromatic carbocycles. The van der Waals surface area contributed by atoms with Crippen LogP contribution in [0, 0.1) is 12.7 Å². The Labute approximate surface area is 196 Å². The predicted octanol–water partition coefficient (Wildman–Crippen LogP) is 6.97. The second kappa shape index (κ2) is 8.12. The van der Waals surface area contributed by atoms with Crippen molar-refractivity contribution in [3.63, 3.8) is 0 Å². The van der Waals surface area contributed by atoms with Gasteiger partial charge in [0.25, 0.3) is 0 Å². The summed E-state index contributed by atoms with van der Waals surface area (Å²) in [5.74, 6) is 0.509. The van der Waals surface area contributed by atoms with E-state index in [1.807, 2.05) is 64.8 Å². The third-order valence-corrected chi connectivity index (χ3v) is 6.04. The summed E-state index contributed by atoms with van der Waals surface area (Å²) in [5.41, 5.74) is 7.73. The Morgan fingerprint density at radius 2 is 1.29 bits per heavy atom. The average Bonchev–Trinajstić information content (AvgIpc) is 3.52. The average molecular weight is 445 g/mol. The van der Waals surface area contributed by atoms with E-state index in [4.69, 9.17) is 10.1 Å². The highest BCUT2D eigenvalue weighted by molar-refractivity contribution is 5.83. The molecule has 5 heteroatoms. The summed E-state index contributed by atoms with van der Waals surface area (Å²) in [4.78, 5) is 4.99. The van der Waals surface area contributed by atoms with Gasteiger partial charge in [-0.2, -0.15) is 5.10 Å². The Morgan fingerprint density at radius 1 is 0.676 bits per heavy atom. The summed E-state index contributed by atoms with van der Waals surface area (Å²) < 4.78 is 17.5. The van der Waals surface area contributed by atoms with Gasteiger partial charge in [0.1, 0.15) is 11.6 Å². The molecule has 0 amide bonds. The monoisotopic (exact) mass is 444 g/mol. The minimum absolute atomic E-state index is 0.268. The predicted molar refractivity (Wildman–Crippen MR) is 133 cm³/mol. The lowest BCUT2D eigenvalue weighted by atomic mass is 10.0. The molecule has 3 heterocycles. The standard InChI is InChI=1S/C29H21FN4/c1-20-28(24-11-9-22(10-12-24)21-7-3-2-4-8-21)29-31-27(33-17-5-6-18-33)19-26(34(29)32-20)23-13-15-25(30)16-14-23/h2-19H,1H3. The van der Waals surface area contributed by atoms with Gasteiger partial charge in [0.05, 0.1) is 11.4 Å². The second-order valence-corrected chi connectivity index (χ2v) is 8.24. The van der Waals surface area contributed by atoms with Crippen LogP contribution in [0.3, 0.4) is 0 Å². The number of nitrogens with zero attached hydrogens (tertiary/aromatic N) is 4. The van der Waals surface area contributed by atoms with Crippen molar-refractivity contribution in [1.82, 2.24) is 19.2 Å². The van der Waals surface area contributed by atoms with Crippen molar-refractivity contribution in [3.05, 3.63) is 121 Å². The van der Waals surface area contributed by atoms with E-state index in [1.54, 1.807) is 12.1 Å². The molecule has 0 bridgehead atoms. The fraction of sp³-hybridized carbons (Fsp3) is 0.0345. The smallest absolute Gasteiger partial charge is 0.166 e. The summed E-state index contributed by atoms with van der Waals surface area (Å²) in [6.07, 6.45) is 3.93. The molecule has 0 aliphatic rings. The maximum absolute atomic E-state index is 13.6. The number of halogens is 1. The van der Waals surface area contributed by atoms with Crippen LogP contribution in [0.5, 0.6) is 0 Å². The van der Waals surface area contributed by atoms with Gasteiger partial charge in [-0.15, -0.1) is 0 Å². The van der Waals surface area contributed by atoms with Gasteiger partial charge in [0.2, 0.25) is 0 Å². The van der Waals surface area contributed by atoms with E-state index in [9.17, 15) is 4.39 Å². The molecular weight excluding hydrogens is 423 g/mol. The van der Waals surface area contributed by atoms with Crippen molar-refractivity contribution < 1.29 is 4.39 Å². The van der Waals surface area contributed by atoms with Crippen LogP contribution in [-0.4, -0.2) is 19.2 Å². The number of hydrogen-bond donors (Lipinski definition) is 0. The molecule has 0 aliphatic heterocycles. The molecule has 6 rings (SSSR count). The normalized spacial score (nSPS) is 11.2. The summed E-state index contributed by atoms with van der Waals surface area (Å²) in [7, 11) is 0. The summed E-state index contributed by atoms with van der Waals surface area (Å²) in [6.45, 7) is 2.00. The number of rotatable bonds is 4. The van der Waals surface area contributed by atoms with Crippen molar-refractivity contribution >= 4 is 5.65 Å². The van der Waals surface area contributed by atoms with Crippen LogP contribution in [0.2, 0.25) is 0 Å². The molecule has 3 aromatic heterocycles. The van der Waals surface area contributed by atoms with E-state index in [0.717, 1.165) is 45.1 Å². The van der Waals surface area contributed by atoms with Gasteiger partial charge >= 0.3 is 0 Å². The first-order valence-electron chi connectivity index (χ1n) is 11.1. The van der Waals surface area contributed by atoms with Crippen molar-refractivity contribution in [1.29, 1.82) is 0 Å². The topological polar surface area (TPSA) is 35.1 Å². The molecule has 0 saturated carbocycles. The molecule has 0 N–H and O–H groups in total. The largest absolute Gasteiger partial charge is 0.309 e.